The molecule has 0 fully saturated rings. The fourth-order valence-corrected chi connectivity index (χ4v) is 2.25. The van der Waals surface area contributed by atoms with Gasteiger partial charge >= 0.3 is 0 Å². The summed E-state index contributed by atoms with van der Waals surface area (Å²) >= 11 is 1.51. The van der Waals surface area contributed by atoms with Crippen molar-refractivity contribution in [3.05, 3.63) is 46.6 Å². The maximum Gasteiger partial charge on any atom is 0.227 e. The van der Waals surface area contributed by atoms with Crippen molar-refractivity contribution in [3.63, 3.8) is 0 Å². The molecule has 0 radical (unpaired) electrons. The van der Waals surface area contributed by atoms with Crippen LogP contribution in [0.4, 0.5) is 5.69 Å². The number of aryl methyl sites for hydroxylation is 2. The van der Waals surface area contributed by atoms with Crippen LogP contribution in [0.5, 0.6) is 0 Å². The number of hydrogen-bond acceptors (Lipinski definition) is 6. The standard InChI is InChI=1S/C13H12N4OS/c14-10-4-1-9(2-5-10)3-6-12-16-13(17-18-12)11-7-19-8-15-11/h1-2,4-5,7-8H,3,6,14H2. The maximum atomic E-state index is 5.64. The minimum Gasteiger partial charge on any atom is -0.399 e. The van der Waals surface area contributed by atoms with Gasteiger partial charge in [-0.15, -0.1) is 11.3 Å². The highest BCUT2D eigenvalue weighted by Gasteiger charge is 2.09. The van der Waals surface area contributed by atoms with Crippen LogP contribution in [0, 0.1) is 0 Å². The number of benzene rings is 1. The molecule has 0 amide bonds. The lowest BCUT2D eigenvalue weighted by Gasteiger charge is -1.98. The van der Waals surface area contributed by atoms with Gasteiger partial charge in [0.1, 0.15) is 5.69 Å². The molecule has 0 atom stereocenters. The summed E-state index contributed by atoms with van der Waals surface area (Å²) in [7, 11) is 0. The molecule has 2 heterocycles. The minimum atomic E-state index is 0.550. The molecular weight excluding hydrogens is 260 g/mol. The van der Waals surface area contributed by atoms with Gasteiger partial charge in [-0.2, -0.15) is 4.98 Å². The first-order valence-corrected chi connectivity index (χ1v) is 6.81. The molecule has 2 N–H and O–H groups in total. The first-order valence-electron chi connectivity index (χ1n) is 5.87. The van der Waals surface area contributed by atoms with E-state index in [-0.39, 0.29) is 0 Å². The Morgan fingerprint density at radius 2 is 2.00 bits per heavy atom. The number of nitrogens with zero attached hydrogens (tertiary/aromatic N) is 3. The number of rotatable bonds is 4. The van der Waals surface area contributed by atoms with Gasteiger partial charge in [0.2, 0.25) is 11.7 Å². The van der Waals surface area contributed by atoms with Crippen LogP contribution >= 0.6 is 11.3 Å². The third-order valence-electron chi connectivity index (χ3n) is 2.74. The molecule has 0 aliphatic carbocycles. The van der Waals surface area contributed by atoms with Gasteiger partial charge in [-0.05, 0) is 24.1 Å². The van der Waals surface area contributed by atoms with Gasteiger partial charge in [0.15, 0.2) is 0 Å². The van der Waals surface area contributed by atoms with Crippen molar-refractivity contribution in [1.82, 2.24) is 15.1 Å². The van der Waals surface area contributed by atoms with Crippen LogP contribution in [-0.4, -0.2) is 15.1 Å². The zero-order valence-electron chi connectivity index (χ0n) is 10.1. The second-order valence-corrected chi connectivity index (χ2v) is 4.85. The van der Waals surface area contributed by atoms with Crippen LogP contribution in [0.15, 0.2) is 39.7 Å². The molecule has 0 bridgehead atoms. The van der Waals surface area contributed by atoms with Crippen molar-refractivity contribution in [2.24, 2.45) is 0 Å². The number of anilines is 1. The van der Waals surface area contributed by atoms with Gasteiger partial charge in [0, 0.05) is 17.5 Å². The maximum absolute atomic E-state index is 5.64. The van der Waals surface area contributed by atoms with Crippen molar-refractivity contribution in [2.75, 3.05) is 5.73 Å². The molecule has 1 aromatic carbocycles. The quantitative estimate of drug-likeness (QED) is 0.738. The number of thiazole rings is 1. The summed E-state index contributed by atoms with van der Waals surface area (Å²) in [4.78, 5) is 8.47. The van der Waals surface area contributed by atoms with E-state index >= 15 is 0 Å². The third-order valence-corrected chi connectivity index (χ3v) is 3.32. The molecule has 0 saturated heterocycles. The second kappa shape index (κ2) is 5.19. The van der Waals surface area contributed by atoms with Crippen LogP contribution in [0.25, 0.3) is 11.5 Å². The SMILES string of the molecule is Nc1ccc(CCc2nc(-c3cscn3)no2)cc1. The predicted molar refractivity (Wildman–Crippen MR) is 73.7 cm³/mol. The number of nitrogens with two attached hydrogens (primary N) is 1. The molecule has 0 unspecified atom stereocenters. The van der Waals surface area contributed by atoms with Crippen molar-refractivity contribution in [1.29, 1.82) is 0 Å². The van der Waals surface area contributed by atoms with E-state index in [0.717, 1.165) is 17.8 Å². The van der Waals surface area contributed by atoms with E-state index in [1.807, 2.05) is 29.6 Å². The molecule has 96 valence electrons. The molecule has 0 saturated carbocycles. The van der Waals surface area contributed by atoms with Gasteiger partial charge in [0.05, 0.1) is 5.51 Å². The highest BCUT2D eigenvalue weighted by Crippen LogP contribution is 2.16. The molecule has 2 aromatic heterocycles. The normalized spacial score (nSPS) is 10.7. The summed E-state index contributed by atoms with van der Waals surface area (Å²) in [6.07, 6.45) is 1.56. The molecule has 3 aromatic rings. The monoisotopic (exact) mass is 272 g/mol. The summed E-state index contributed by atoms with van der Waals surface area (Å²) in [5.41, 5.74) is 10.1. The lowest BCUT2D eigenvalue weighted by atomic mass is 10.1. The molecule has 5 nitrogen and oxygen atoms in total. The summed E-state index contributed by atoms with van der Waals surface area (Å²) in [6.45, 7) is 0. The Morgan fingerprint density at radius 3 is 2.74 bits per heavy atom. The Labute approximate surface area is 114 Å². The minimum absolute atomic E-state index is 0.550. The number of aromatic nitrogens is 3. The second-order valence-electron chi connectivity index (χ2n) is 4.13. The summed E-state index contributed by atoms with van der Waals surface area (Å²) in [6, 6.07) is 7.80. The predicted octanol–water partition coefficient (Wildman–Crippen LogP) is 2.56. The molecule has 6 heteroatoms. The van der Waals surface area contributed by atoms with Gasteiger partial charge in [0.25, 0.3) is 0 Å². The molecule has 0 aliphatic rings. The van der Waals surface area contributed by atoms with Gasteiger partial charge in [-0.3, -0.25) is 0 Å². The van der Waals surface area contributed by atoms with Gasteiger partial charge in [-0.1, -0.05) is 17.3 Å². The summed E-state index contributed by atoms with van der Waals surface area (Å²) in [5, 5.41) is 5.82. The Morgan fingerprint density at radius 1 is 1.16 bits per heavy atom. The van der Waals surface area contributed by atoms with Gasteiger partial charge < -0.3 is 10.3 Å². The van der Waals surface area contributed by atoms with Crippen LogP contribution < -0.4 is 5.73 Å². The van der Waals surface area contributed by atoms with E-state index in [1.54, 1.807) is 5.51 Å². The van der Waals surface area contributed by atoms with E-state index in [2.05, 4.69) is 15.1 Å². The number of nitrogen functional groups attached to an aromatic ring is 1. The molecule has 19 heavy (non-hydrogen) atoms. The molecular formula is C13H12N4OS. The van der Waals surface area contributed by atoms with Crippen molar-refractivity contribution in [3.8, 4) is 11.5 Å². The smallest absolute Gasteiger partial charge is 0.227 e. The Bertz CT molecular complexity index is 646. The van der Waals surface area contributed by atoms with Crippen molar-refractivity contribution < 1.29 is 4.52 Å². The zero-order chi connectivity index (χ0) is 13.1. The first kappa shape index (κ1) is 11.9. The van der Waals surface area contributed by atoms with E-state index in [1.165, 1.54) is 16.9 Å². The molecule has 0 spiro atoms. The van der Waals surface area contributed by atoms with Crippen LogP contribution in [0.1, 0.15) is 11.5 Å². The van der Waals surface area contributed by atoms with E-state index in [0.29, 0.717) is 18.1 Å². The first-order chi connectivity index (χ1) is 9.31. The molecule has 0 aliphatic heterocycles. The summed E-state index contributed by atoms with van der Waals surface area (Å²) < 4.78 is 5.21. The van der Waals surface area contributed by atoms with E-state index < -0.39 is 0 Å². The molecule has 3 rings (SSSR count). The van der Waals surface area contributed by atoms with Crippen LogP contribution in [0.2, 0.25) is 0 Å². The Balaban J connectivity index is 1.66. The average molecular weight is 272 g/mol. The highest BCUT2D eigenvalue weighted by molar-refractivity contribution is 7.07. The summed E-state index contributed by atoms with van der Waals surface area (Å²) in [5.74, 6) is 1.17. The van der Waals surface area contributed by atoms with Crippen molar-refractivity contribution >= 4 is 17.0 Å². The highest BCUT2D eigenvalue weighted by atomic mass is 32.1. The topological polar surface area (TPSA) is 77.8 Å². The largest absolute Gasteiger partial charge is 0.399 e. The fourth-order valence-electron chi connectivity index (χ4n) is 1.72. The fraction of sp³-hybridized carbons (Fsp3) is 0.154. The van der Waals surface area contributed by atoms with Crippen LogP contribution in [-0.2, 0) is 12.8 Å². The average Bonchev–Trinajstić information content (AvgIpc) is 3.09. The van der Waals surface area contributed by atoms with Gasteiger partial charge in [-0.25, -0.2) is 4.98 Å². The lowest BCUT2D eigenvalue weighted by Crippen LogP contribution is -1.92. The Kier molecular flexibility index (Phi) is 3.24. The number of hydrogen-bond donors (Lipinski definition) is 1. The zero-order valence-corrected chi connectivity index (χ0v) is 10.9. The van der Waals surface area contributed by atoms with Crippen LogP contribution in [0.3, 0.4) is 0 Å². The van der Waals surface area contributed by atoms with E-state index in [9.17, 15) is 0 Å². The lowest BCUT2D eigenvalue weighted by molar-refractivity contribution is 0.379. The van der Waals surface area contributed by atoms with Crippen molar-refractivity contribution in [2.45, 2.75) is 12.8 Å². The Hall–Kier alpha value is -2.21. The third kappa shape index (κ3) is 2.79. The van der Waals surface area contributed by atoms with E-state index in [4.69, 9.17) is 10.3 Å².